The Hall–Kier alpha value is -2.73. The number of nitrogens with zero attached hydrogens (tertiary/aromatic N) is 1. The molecule has 0 aliphatic carbocycles. The van der Waals surface area contributed by atoms with E-state index in [1.54, 1.807) is 19.1 Å². The zero-order chi connectivity index (χ0) is 22.3. The van der Waals surface area contributed by atoms with E-state index in [1.165, 1.54) is 4.90 Å². The fraction of sp³-hybridized carbons (Fsp3) is 0.480. The number of ketones is 2. The van der Waals surface area contributed by atoms with Crippen molar-refractivity contribution in [1.29, 1.82) is 0 Å². The summed E-state index contributed by atoms with van der Waals surface area (Å²) in [5, 5.41) is 0. The zero-order valence-electron chi connectivity index (χ0n) is 18.5. The average Bonchev–Trinajstić information content (AvgIpc) is 3.44. The second-order valence-corrected chi connectivity index (χ2v) is 9.53. The quantitative estimate of drug-likeness (QED) is 0.412. The Bertz CT molecular complexity index is 992. The lowest BCUT2D eigenvalue weighted by Crippen LogP contribution is -2.37. The molecule has 2 aromatic rings. The number of aryl methyl sites for hydroxylation is 1. The molecule has 6 heteroatoms. The Labute approximate surface area is 182 Å². The molecule has 6 nitrogen and oxygen atoms in total. The Balaban J connectivity index is 1.73. The number of hydrogen-bond donors (Lipinski definition) is 0. The Kier molecular flexibility index (Phi) is 5.60. The van der Waals surface area contributed by atoms with Crippen LogP contribution in [0.1, 0.15) is 67.1 Å². The number of carbonyl (C=O) groups excluding carboxylic acids is 3. The molecular formula is C25H29NO5. The van der Waals surface area contributed by atoms with Gasteiger partial charge >= 0.3 is 0 Å². The molecule has 0 radical (unpaired) electrons. The number of amides is 1. The predicted octanol–water partition coefficient (Wildman–Crippen LogP) is 4.02. The molecule has 1 aromatic heterocycles. The molecule has 31 heavy (non-hydrogen) atoms. The molecule has 3 heterocycles. The van der Waals surface area contributed by atoms with Gasteiger partial charge in [0.2, 0.25) is 11.6 Å². The minimum absolute atomic E-state index is 0.0296. The number of carbonyl (C=O) groups is 3. The monoisotopic (exact) mass is 423 g/mol. The van der Waals surface area contributed by atoms with E-state index in [9.17, 15) is 14.4 Å². The molecule has 3 unspecified atom stereocenters. The van der Waals surface area contributed by atoms with Crippen LogP contribution in [0.2, 0.25) is 0 Å². The maximum Gasteiger partial charge on any atom is 0.291 e. The van der Waals surface area contributed by atoms with E-state index in [-0.39, 0.29) is 17.3 Å². The lowest BCUT2D eigenvalue weighted by Gasteiger charge is -2.29. The van der Waals surface area contributed by atoms with Crippen molar-refractivity contribution in [3.63, 3.8) is 0 Å². The fourth-order valence-electron chi connectivity index (χ4n) is 4.46. The SMILES string of the molecule is Cc1ccc(C(=O)C2C(=O)C(=O)N(CC3CCCO3)C2c2ccc(C(C)(C)C)cc2)o1. The third-order valence-corrected chi connectivity index (χ3v) is 6.21. The van der Waals surface area contributed by atoms with E-state index in [0.717, 1.165) is 24.0 Å². The highest BCUT2D eigenvalue weighted by Crippen LogP contribution is 2.39. The van der Waals surface area contributed by atoms with Gasteiger partial charge in [0, 0.05) is 13.2 Å². The van der Waals surface area contributed by atoms with Crippen molar-refractivity contribution >= 4 is 17.5 Å². The summed E-state index contributed by atoms with van der Waals surface area (Å²) in [6.45, 7) is 9.07. The molecule has 0 saturated carbocycles. The normalized spacial score (nSPS) is 24.3. The van der Waals surface area contributed by atoms with Gasteiger partial charge in [0.05, 0.1) is 12.1 Å². The number of ether oxygens (including phenoxy) is 1. The van der Waals surface area contributed by atoms with Gasteiger partial charge in [-0.25, -0.2) is 0 Å². The van der Waals surface area contributed by atoms with Crippen molar-refractivity contribution in [2.24, 2.45) is 5.92 Å². The molecule has 2 saturated heterocycles. The summed E-state index contributed by atoms with van der Waals surface area (Å²) < 4.78 is 11.2. The molecule has 2 aliphatic heterocycles. The Morgan fingerprint density at radius 1 is 1.10 bits per heavy atom. The second kappa shape index (κ2) is 8.08. The van der Waals surface area contributed by atoms with Crippen LogP contribution >= 0.6 is 0 Å². The fourth-order valence-corrected chi connectivity index (χ4v) is 4.46. The van der Waals surface area contributed by atoms with Gasteiger partial charge in [-0.3, -0.25) is 14.4 Å². The molecule has 164 valence electrons. The average molecular weight is 424 g/mol. The first kappa shape index (κ1) is 21.5. The van der Waals surface area contributed by atoms with Gasteiger partial charge in [-0.05, 0) is 48.4 Å². The van der Waals surface area contributed by atoms with E-state index >= 15 is 0 Å². The summed E-state index contributed by atoms with van der Waals surface area (Å²) in [6.07, 6.45) is 1.65. The minimum atomic E-state index is -1.13. The first-order chi connectivity index (χ1) is 14.7. The summed E-state index contributed by atoms with van der Waals surface area (Å²) in [7, 11) is 0. The van der Waals surface area contributed by atoms with Gasteiger partial charge < -0.3 is 14.1 Å². The number of Topliss-reactive ketones (excluding diaryl/α,β-unsaturated/α-hetero) is 2. The predicted molar refractivity (Wildman–Crippen MR) is 115 cm³/mol. The van der Waals surface area contributed by atoms with Crippen molar-refractivity contribution in [1.82, 2.24) is 4.90 Å². The number of hydrogen-bond acceptors (Lipinski definition) is 5. The number of rotatable bonds is 5. The van der Waals surface area contributed by atoms with Crippen molar-refractivity contribution in [3.05, 3.63) is 59.0 Å². The third-order valence-electron chi connectivity index (χ3n) is 6.21. The lowest BCUT2D eigenvalue weighted by molar-refractivity contribution is -0.141. The Morgan fingerprint density at radius 3 is 2.35 bits per heavy atom. The van der Waals surface area contributed by atoms with Gasteiger partial charge in [0.25, 0.3) is 5.91 Å². The van der Waals surface area contributed by atoms with Gasteiger partial charge in [-0.1, -0.05) is 45.0 Å². The molecule has 1 amide bonds. The summed E-state index contributed by atoms with van der Waals surface area (Å²) in [4.78, 5) is 40.8. The van der Waals surface area contributed by atoms with E-state index in [1.807, 2.05) is 24.3 Å². The van der Waals surface area contributed by atoms with Crippen LogP contribution < -0.4 is 0 Å². The smallest absolute Gasteiger partial charge is 0.291 e. The van der Waals surface area contributed by atoms with Crippen LogP contribution in [-0.4, -0.2) is 41.6 Å². The molecule has 0 spiro atoms. The topological polar surface area (TPSA) is 76.8 Å². The van der Waals surface area contributed by atoms with E-state index in [2.05, 4.69) is 20.8 Å². The van der Waals surface area contributed by atoms with Gasteiger partial charge in [-0.15, -0.1) is 0 Å². The minimum Gasteiger partial charge on any atom is -0.458 e. The van der Waals surface area contributed by atoms with E-state index in [4.69, 9.17) is 9.15 Å². The maximum atomic E-state index is 13.3. The molecule has 1 aromatic carbocycles. The highest BCUT2D eigenvalue weighted by atomic mass is 16.5. The van der Waals surface area contributed by atoms with Crippen LogP contribution in [0.15, 0.2) is 40.8 Å². The molecular weight excluding hydrogens is 394 g/mol. The molecule has 0 bridgehead atoms. The second-order valence-electron chi connectivity index (χ2n) is 9.53. The summed E-state index contributed by atoms with van der Waals surface area (Å²) >= 11 is 0. The number of benzene rings is 1. The van der Waals surface area contributed by atoms with E-state index < -0.39 is 29.4 Å². The van der Waals surface area contributed by atoms with E-state index in [0.29, 0.717) is 18.9 Å². The van der Waals surface area contributed by atoms with Crippen LogP contribution in [0.5, 0.6) is 0 Å². The largest absolute Gasteiger partial charge is 0.458 e. The van der Waals surface area contributed by atoms with Gasteiger partial charge in [-0.2, -0.15) is 0 Å². The molecule has 3 atom stereocenters. The lowest BCUT2D eigenvalue weighted by atomic mass is 9.84. The first-order valence-corrected chi connectivity index (χ1v) is 10.8. The van der Waals surface area contributed by atoms with Crippen molar-refractivity contribution < 1.29 is 23.5 Å². The molecule has 0 N–H and O–H groups in total. The van der Waals surface area contributed by atoms with Gasteiger partial charge in [0.1, 0.15) is 11.7 Å². The van der Waals surface area contributed by atoms with Gasteiger partial charge in [0.15, 0.2) is 5.76 Å². The highest BCUT2D eigenvalue weighted by Gasteiger charge is 2.52. The van der Waals surface area contributed by atoms with Crippen LogP contribution in [-0.2, 0) is 19.7 Å². The van der Waals surface area contributed by atoms with Crippen LogP contribution in [0, 0.1) is 12.8 Å². The third kappa shape index (κ3) is 4.09. The van der Waals surface area contributed by atoms with Crippen LogP contribution in [0.4, 0.5) is 0 Å². The summed E-state index contributed by atoms with van der Waals surface area (Å²) in [5.41, 5.74) is 1.88. The molecule has 2 aliphatic rings. The molecule has 4 rings (SSSR count). The maximum absolute atomic E-state index is 13.3. The van der Waals surface area contributed by atoms with Crippen LogP contribution in [0.3, 0.4) is 0 Å². The number of likely N-dealkylation sites (tertiary alicyclic amines) is 1. The highest BCUT2D eigenvalue weighted by molar-refractivity contribution is 6.43. The summed E-state index contributed by atoms with van der Waals surface area (Å²) in [5.74, 6) is -2.18. The van der Waals surface area contributed by atoms with Crippen LogP contribution in [0.25, 0.3) is 0 Å². The Morgan fingerprint density at radius 2 is 1.81 bits per heavy atom. The summed E-state index contributed by atoms with van der Waals surface area (Å²) in [6, 6.07) is 10.4. The van der Waals surface area contributed by atoms with Crippen molar-refractivity contribution in [3.8, 4) is 0 Å². The molecule has 2 fully saturated rings. The number of furan rings is 1. The zero-order valence-corrected chi connectivity index (χ0v) is 18.5. The van der Waals surface area contributed by atoms with Crippen molar-refractivity contribution in [2.45, 2.75) is 58.1 Å². The standard InChI is InChI=1S/C25H29NO5/c1-15-7-12-19(31-15)22(27)20-21(16-8-10-17(11-9-16)25(2,3)4)26(24(29)23(20)28)14-18-6-5-13-30-18/h7-12,18,20-21H,5-6,13-14H2,1-4H3. The van der Waals surface area contributed by atoms with Crippen molar-refractivity contribution in [2.75, 3.05) is 13.2 Å². The first-order valence-electron chi connectivity index (χ1n) is 10.8.